The monoisotopic (exact) mass is 291 g/mol. The summed E-state index contributed by atoms with van der Waals surface area (Å²) in [5.41, 5.74) is 1.62. The lowest BCUT2D eigenvalue weighted by atomic mass is 9.80. The van der Waals surface area contributed by atoms with Crippen molar-refractivity contribution < 1.29 is 0 Å². The fourth-order valence-corrected chi connectivity index (χ4v) is 3.32. The van der Waals surface area contributed by atoms with E-state index in [0.29, 0.717) is 17.5 Å². The second-order valence-electron chi connectivity index (χ2n) is 7.40. The molecule has 21 heavy (non-hydrogen) atoms. The molecule has 1 aromatic heterocycles. The van der Waals surface area contributed by atoms with Crippen LogP contribution in [0.15, 0.2) is 12.3 Å². The van der Waals surface area contributed by atoms with Crippen molar-refractivity contribution in [2.75, 3.05) is 6.54 Å². The summed E-state index contributed by atoms with van der Waals surface area (Å²) in [6.07, 6.45) is 8.38. The highest BCUT2D eigenvalue weighted by Crippen LogP contribution is 2.47. The highest BCUT2D eigenvalue weighted by molar-refractivity contribution is 5.07. The molecular formula is C18H33N3. The SMILES string of the molecule is CCC(CC)n1ccc(CC(C)(CNC(C)C)C2CC2)n1. The first-order valence-electron chi connectivity index (χ1n) is 8.76. The predicted octanol–water partition coefficient (Wildman–Crippen LogP) is 4.20. The van der Waals surface area contributed by atoms with Gasteiger partial charge in [-0.3, -0.25) is 4.68 Å². The van der Waals surface area contributed by atoms with E-state index >= 15 is 0 Å². The van der Waals surface area contributed by atoms with Crippen molar-refractivity contribution in [3.63, 3.8) is 0 Å². The van der Waals surface area contributed by atoms with Gasteiger partial charge in [0, 0.05) is 18.8 Å². The van der Waals surface area contributed by atoms with E-state index in [1.807, 2.05) is 0 Å². The van der Waals surface area contributed by atoms with Gasteiger partial charge >= 0.3 is 0 Å². The standard InChI is InChI=1S/C18H33N3/c1-6-17(7-2)21-11-10-16(20-21)12-18(5,15-8-9-15)13-19-14(3)4/h10-11,14-15,17,19H,6-9,12-13H2,1-5H3. The summed E-state index contributed by atoms with van der Waals surface area (Å²) in [5.74, 6) is 0.877. The number of hydrogen-bond acceptors (Lipinski definition) is 2. The number of rotatable bonds is 9. The molecule has 0 amide bonds. The molecule has 2 rings (SSSR count). The smallest absolute Gasteiger partial charge is 0.0630 e. The predicted molar refractivity (Wildman–Crippen MR) is 89.5 cm³/mol. The van der Waals surface area contributed by atoms with Gasteiger partial charge in [0.1, 0.15) is 0 Å². The van der Waals surface area contributed by atoms with Crippen LogP contribution in [0.2, 0.25) is 0 Å². The fourth-order valence-electron chi connectivity index (χ4n) is 3.32. The maximum Gasteiger partial charge on any atom is 0.0630 e. The van der Waals surface area contributed by atoms with Crippen molar-refractivity contribution in [3.8, 4) is 0 Å². The van der Waals surface area contributed by atoms with Gasteiger partial charge in [-0.15, -0.1) is 0 Å². The minimum absolute atomic E-state index is 0.359. The van der Waals surface area contributed by atoms with E-state index in [9.17, 15) is 0 Å². The lowest BCUT2D eigenvalue weighted by molar-refractivity contribution is 0.245. The van der Waals surface area contributed by atoms with E-state index in [4.69, 9.17) is 5.10 Å². The third-order valence-corrected chi connectivity index (χ3v) is 5.04. The fraction of sp³-hybridized carbons (Fsp3) is 0.833. The highest BCUT2D eigenvalue weighted by atomic mass is 15.3. The Kier molecular flexibility index (Phi) is 5.48. The molecule has 1 fully saturated rings. The number of nitrogens with zero attached hydrogens (tertiary/aromatic N) is 2. The van der Waals surface area contributed by atoms with Gasteiger partial charge in [-0.05, 0) is 49.5 Å². The van der Waals surface area contributed by atoms with Gasteiger partial charge in [-0.2, -0.15) is 5.10 Å². The minimum atomic E-state index is 0.359. The van der Waals surface area contributed by atoms with Crippen LogP contribution >= 0.6 is 0 Å². The van der Waals surface area contributed by atoms with E-state index in [1.54, 1.807) is 0 Å². The van der Waals surface area contributed by atoms with Gasteiger partial charge in [-0.1, -0.05) is 34.6 Å². The largest absolute Gasteiger partial charge is 0.314 e. The summed E-state index contributed by atoms with van der Waals surface area (Å²) in [6, 6.07) is 3.35. The molecule has 1 atom stereocenters. The zero-order valence-electron chi connectivity index (χ0n) is 14.5. The molecule has 1 aromatic rings. The molecule has 0 bridgehead atoms. The molecule has 3 nitrogen and oxygen atoms in total. The summed E-state index contributed by atoms with van der Waals surface area (Å²) < 4.78 is 2.18. The average Bonchev–Trinajstić information content (AvgIpc) is 3.21. The van der Waals surface area contributed by atoms with E-state index < -0.39 is 0 Å². The first-order valence-corrected chi connectivity index (χ1v) is 8.76. The van der Waals surface area contributed by atoms with Crippen molar-refractivity contribution in [3.05, 3.63) is 18.0 Å². The van der Waals surface area contributed by atoms with Gasteiger partial charge in [0.05, 0.1) is 11.7 Å². The third kappa shape index (κ3) is 4.32. The van der Waals surface area contributed by atoms with Crippen LogP contribution in [0, 0.1) is 11.3 Å². The van der Waals surface area contributed by atoms with Gasteiger partial charge < -0.3 is 5.32 Å². The van der Waals surface area contributed by atoms with Crippen molar-refractivity contribution in [1.82, 2.24) is 15.1 Å². The van der Waals surface area contributed by atoms with Crippen LogP contribution in [0.25, 0.3) is 0 Å². The van der Waals surface area contributed by atoms with Crippen molar-refractivity contribution >= 4 is 0 Å². The maximum atomic E-state index is 4.86. The molecule has 0 radical (unpaired) electrons. The molecule has 0 saturated heterocycles. The summed E-state index contributed by atoms with van der Waals surface area (Å²) in [6.45, 7) is 12.5. The third-order valence-electron chi connectivity index (χ3n) is 5.04. The van der Waals surface area contributed by atoms with Crippen LogP contribution < -0.4 is 5.32 Å². The quantitative estimate of drug-likeness (QED) is 0.739. The Balaban J connectivity index is 2.03. The first kappa shape index (κ1) is 16.5. The number of nitrogens with one attached hydrogen (secondary N) is 1. The Morgan fingerprint density at radius 1 is 1.33 bits per heavy atom. The van der Waals surface area contributed by atoms with E-state index in [1.165, 1.54) is 18.5 Å². The van der Waals surface area contributed by atoms with Crippen LogP contribution in [0.5, 0.6) is 0 Å². The topological polar surface area (TPSA) is 29.9 Å². The molecular weight excluding hydrogens is 258 g/mol. The maximum absolute atomic E-state index is 4.86. The molecule has 1 aliphatic carbocycles. The van der Waals surface area contributed by atoms with E-state index in [2.05, 4.69) is 56.9 Å². The van der Waals surface area contributed by atoms with Crippen molar-refractivity contribution in [2.24, 2.45) is 11.3 Å². The van der Waals surface area contributed by atoms with Crippen molar-refractivity contribution in [2.45, 2.75) is 78.8 Å². The summed E-state index contributed by atoms with van der Waals surface area (Å²) in [7, 11) is 0. The molecule has 0 spiro atoms. The van der Waals surface area contributed by atoms with Crippen LogP contribution in [0.4, 0.5) is 0 Å². The summed E-state index contributed by atoms with van der Waals surface area (Å²) in [5, 5.41) is 8.51. The molecule has 1 aliphatic rings. The Bertz CT molecular complexity index is 429. The Hall–Kier alpha value is -0.830. The van der Waals surface area contributed by atoms with E-state index in [-0.39, 0.29) is 0 Å². The van der Waals surface area contributed by atoms with Crippen LogP contribution in [0.1, 0.15) is 72.0 Å². The zero-order chi connectivity index (χ0) is 15.5. The number of hydrogen-bond donors (Lipinski definition) is 1. The Morgan fingerprint density at radius 2 is 2.00 bits per heavy atom. The highest BCUT2D eigenvalue weighted by Gasteiger charge is 2.41. The van der Waals surface area contributed by atoms with Crippen LogP contribution in [0.3, 0.4) is 0 Å². The second-order valence-corrected chi connectivity index (χ2v) is 7.40. The normalized spacial score (nSPS) is 18.4. The van der Waals surface area contributed by atoms with Crippen molar-refractivity contribution in [1.29, 1.82) is 0 Å². The molecule has 0 aliphatic heterocycles. The van der Waals surface area contributed by atoms with Gasteiger partial charge in [0.25, 0.3) is 0 Å². The van der Waals surface area contributed by atoms with Gasteiger partial charge in [-0.25, -0.2) is 0 Å². The second kappa shape index (κ2) is 6.95. The van der Waals surface area contributed by atoms with E-state index in [0.717, 1.165) is 31.7 Å². The van der Waals surface area contributed by atoms with Crippen LogP contribution in [-0.2, 0) is 6.42 Å². The molecule has 120 valence electrons. The first-order chi connectivity index (χ1) is 9.98. The summed E-state index contributed by atoms with van der Waals surface area (Å²) >= 11 is 0. The lowest BCUT2D eigenvalue weighted by Crippen LogP contribution is -2.38. The average molecular weight is 291 g/mol. The molecule has 1 N–H and O–H groups in total. The summed E-state index contributed by atoms with van der Waals surface area (Å²) in [4.78, 5) is 0. The Labute approximate surface area is 130 Å². The molecule has 1 unspecified atom stereocenters. The Morgan fingerprint density at radius 3 is 2.52 bits per heavy atom. The van der Waals surface area contributed by atoms with Crippen LogP contribution in [-0.4, -0.2) is 22.4 Å². The minimum Gasteiger partial charge on any atom is -0.314 e. The molecule has 0 aromatic carbocycles. The number of aromatic nitrogens is 2. The molecule has 3 heteroatoms. The molecule has 1 saturated carbocycles. The molecule has 1 heterocycles. The van der Waals surface area contributed by atoms with Gasteiger partial charge in [0.2, 0.25) is 0 Å². The van der Waals surface area contributed by atoms with Gasteiger partial charge in [0.15, 0.2) is 0 Å². The zero-order valence-corrected chi connectivity index (χ0v) is 14.5. The lowest BCUT2D eigenvalue weighted by Gasteiger charge is -2.30.